The van der Waals surface area contributed by atoms with Gasteiger partial charge in [0.2, 0.25) is 0 Å². The maximum Gasteiger partial charge on any atom is 0.368 e. The number of rotatable bonds is 9. The van der Waals surface area contributed by atoms with E-state index in [1.165, 1.54) is 11.1 Å². The summed E-state index contributed by atoms with van der Waals surface area (Å²) in [6.07, 6.45) is 0.713. The number of para-hydroxylation sites is 3. The highest BCUT2D eigenvalue weighted by Gasteiger charge is 2.16. The van der Waals surface area contributed by atoms with Crippen LogP contribution < -0.4 is 20.3 Å². The third kappa shape index (κ3) is 4.69. The number of benzene rings is 2. The average Bonchev–Trinajstić information content (AvgIpc) is 3.03. The van der Waals surface area contributed by atoms with Crippen LogP contribution in [-0.2, 0) is 0 Å². The van der Waals surface area contributed by atoms with Crippen LogP contribution in [0.2, 0.25) is 0 Å². The van der Waals surface area contributed by atoms with Crippen molar-refractivity contribution in [1.82, 2.24) is 5.06 Å². The fraction of sp³-hybridized carbons (Fsp3) is 0.211. The number of aliphatic hydroxyl groups is 1. The van der Waals surface area contributed by atoms with Gasteiger partial charge in [0, 0.05) is 0 Å². The van der Waals surface area contributed by atoms with Gasteiger partial charge in [0.1, 0.15) is 23.8 Å². The Labute approximate surface area is 155 Å². The minimum atomic E-state index is -0.902. The van der Waals surface area contributed by atoms with Crippen LogP contribution in [0.25, 0.3) is 0 Å². The van der Waals surface area contributed by atoms with Crippen molar-refractivity contribution in [3.63, 3.8) is 0 Å². The van der Waals surface area contributed by atoms with Crippen molar-refractivity contribution >= 4 is 6.03 Å². The minimum Gasteiger partial charge on any atom is -0.504 e. The second-order valence-corrected chi connectivity index (χ2v) is 5.79. The third-order valence-electron chi connectivity index (χ3n) is 3.67. The molecule has 8 nitrogen and oxygen atoms in total. The number of urea groups is 1. The second-order valence-electron chi connectivity index (χ2n) is 5.79. The van der Waals surface area contributed by atoms with Crippen LogP contribution in [-0.4, -0.2) is 47.1 Å². The van der Waals surface area contributed by atoms with Crippen LogP contribution >= 0.6 is 0 Å². The summed E-state index contributed by atoms with van der Waals surface area (Å²) in [4.78, 5) is 24.5. The van der Waals surface area contributed by atoms with Crippen molar-refractivity contribution in [2.24, 2.45) is 9.98 Å². The molecule has 2 N–H and O–H groups in total. The molecule has 140 valence electrons. The van der Waals surface area contributed by atoms with Gasteiger partial charge < -0.3 is 19.8 Å². The van der Waals surface area contributed by atoms with Crippen molar-refractivity contribution < 1.29 is 24.6 Å². The molecule has 8 heteroatoms. The topological polar surface area (TPSA) is 104 Å². The molecule has 0 saturated heterocycles. The Hall–Kier alpha value is -3.23. The number of nitrogens with zero attached hydrogens (tertiary/aromatic N) is 3. The molecule has 3 rings (SSSR count). The summed E-state index contributed by atoms with van der Waals surface area (Å²) < 4.78 is 5.60. The second kappa shape index (κ2) is 8.43. The maximum atomic E-state index is 11.3. The maximum absolute atomic E-state index is 11.3. The van der Waals surface area contributed by atoms with E-state index < -0.39 is 12.1 Å². The molecule has 0 spiro atoms. The Bertz CT molecular complexity index is 960. The summed E-state index contributed by atoms with van der Waals surface area (Å²) >= 11 is 0. The van der Waals surface area contributed by atoms with Gasteiger partial charge in [-0.1, -0.05) is 24.3 Å². The molecule has 0 saturated carbocycles. The molecule has 0 bridgehead atoms. The number of carbonyl (C=O) groups excluding carboxylic acids is 1. The van der Waals surface area contributed by atoms with Crippen LogP contribution in [0.5, 0.6) is 17.2 Å². The average molecular weight is 369 g/mol. The number of hydroxylamine groups is 2. The summed E-state index contributed by atoms with van der Waals surface area (Å²) in [5, 5.41) is 22.4. The number of carbonyl (C=O) groups is 1. The quantitative estimate of drug-likeness (QED) is 0.505. The predicted molar refractivity (Wildman–Crippen MR) is 96.2 cm³/mol. The molecule has 0 fully saturated rings. The number of aliphatic hydroxyl groups excluding tert-OH is 1. The number of fused-ring (bicyclic) bond motifs is 1. The lowest BCUT2D eigenvalue weighted by Gasteiger charge is -2.24. The van der Waals surface area contributed by atoms with E-state index in [4.69, 9.17) is 9.57 Å². The van der Waals surface area contributed by atoms with E-state index in [0.717, 1.165) is 0 Å². The molecule has 2 aromatic carbocycles. The van der Waals surface area contributed by atoms with Crippen molar-refractivity contribution in [1.29, 1.82) is 0 Å². The van der Waals surface area contributed by atoms with Crippen LogP contribution in [0.4, 0.5) is 4.79 Å². The van der Waals surface area contributed by atoms with E-state index in [0.29, 0.717) is 23.0 Å². The summed E-state index contributed by atoms with van der Waals surface area (Å²) in [5.74, 6) is 0.637. The number of hydrogen-bond donors (Lipinski definition) is 2. The van der Waals surface area contributed by atoms with Crippen molar-refractivity contribution in [3.8, 4) is 17.2 Å². The van der Waals surface area contributed by atoms with E-state index >= 15 is 0 Å². The fourth-order valence-electron chi connectivity index (χ4n) is 2.49. The zero-order chi connectivity index (χ0) is 19.2. The first-order chi connectivity index (χ1) is 13.1. The van der Waals surface area contributed by atoms with Crippen molar-refractivity contribution in [3.05, 3.63) is 65.8 Å². The molecule has 0 radical (unpaired) electrons. The minimum absolute atomic E-state index is 0.00724. The normalized spacial score (nSPS) is 13.5. The largest absolute Gasteiger partial charge is 0.504 e. The predicted octanol–water partition coefficient (Wildman–Crippen LogP) is 0.987. The Morgan fingerprint density at radius 3 is 2.70 bits per heavy atom. The summed E-state index contributed by atoms with van der Waals surface area (Å²) in [6, 6.07) is 11.0. The SMILES string of the molecule is C=CCN(CC(O)COc1cccc2c1=NC(=O)N=2)Oc1ccccc1O. The van der Waals surface area contributed by atoms with Crippen LogP contribution in [0, 0.1) is 0 Å². The van der Waals surface area contributed by atoms with E-state index in [1.54, 1.807) is 42.5 Å². The van der Waals surface area contributed by atoms with E-state index in [2.05, 4.69) is 16.6 Å². The first-order valence-corrected chi connectivity index (χ1v) is 8.30. The number of hydrogen-bond acceptors (Lipinski definition) is 6. The van der Waals surface area contributed by atoms with E-state index in [1.807, 2.05) is 0 Å². The lowest BCUT2D eigenvalue weighted by Crippen LogP contribution is -2.38. The number of phenolic OH excluding ortho intramolecular Hbond substituents is 1. The molecule has 27 heavy (non-hydrogen) atoms. The molecule has 2 amide bonds. The van der Waals surface area contributed by atoms with Crippen molar-refractivity contribution in [2.75, 3.05) is 19.7 Å². The number of aromatic hydroxyl groups is 1. The lowest BCUT2D eigenvalue weighted by molar-refractivity contribution is -0.0822. The first-order valence-electron chi connectivity index (χ1n) is 8.30. The molecule has 1 unspecified atom stereocenters. The molecule has 0 aliphatic carbocycles. The molecule has 1 aliphatic rings. The highest BCUT2D eigenvalue weighted by atomic mass is 16.7. The van der Waals surface area contributed by atoms with Gasteiger partial charge in [-0.05, 0) is 24.3 Å². The molecular weight excluding hydrogens is 350 g/mol. The van der Waals surface area contributed by atoms with Crippen LogP contribution in [0.3, 0.4) is 0 Å². The van der Waals surface area contributed by atoms with Gasteiger partial charge in [-0.25, -0.2) is 4.79 Å². The number of ether oxygens (including phenoxy) is 1. The van der Waals surface area contributed by atoms with E-state index in [9.17, 15) is 15.0 Å². The van der Waals surface area contributed by atoms with E-state index in [-0.39, 0.29) is 24.7 Å². The first kappa shape index (κ1) is 18.6. The molecule has 0 aromatic heterocycles. The molecule has 1 atom stereocenters. The van der Waals surface area contributed by atoms with Gasteiger partial charge in [-0.15, -0.1) is 11.6 Å². The molecule has 2 aromatic rings. The summed E-state index contributed by atoms with van der Waals surface area (Å²) in [5.41, 5.74) is 0. The Kier molecular flexibility index (Phi) is 5.80. The van der Waals surface area contributed by atoms with Gasteiger partial charge in [0.15, 0.2) is 11.5 Å². The monoisotopic (exact) mass is 369 g/mol. The summed E-state index contributed by atoms with van der Waals surface area (Å²) in [6.45, 7) is 4.05. The van der Waals surface area contributed by atoms with Gasteiger partial charge in [-0.2, -0.15) is 9.98 Å². The Morgan fingerprint density at radius 1 is 1.15 bits per heavy atom. The molecule has 1 aliphatic heterocycles. The van der Waals surface area contributed by atoms with Gasteiger partial charge in [-0.3, -0.25) is 0 Å². The Morgan fingerprint density at radius 2 is 1.93 bits per heavy atom. The Balaban J connectivity index is 1.62. The van der Waals surface area contributed by atoms with Crippen molar-refractivity contribution in [2.45, 2.75) is 6.10 Å². The molecular formula is C19H19N3O5. The zero-order valence-electron chi connectivity index (χ0n) is 14.5. The number of amides is 2. The highest BCUT2D eigenvalue weighted by molar-refractivity contribution is 5.77. The fourth-order valence-corrected chi connectivity index (χ4v) is 2.49. The molecule has 1 heterocycles. The van der Waals surface area contributed by atoms with Gasteiger partial charge in [0.05, 0.1) is 18.4 Å². The third-order valence-corrected chi connectivity index (χ3v) is 3.67. The highest BCUT2D eigenvalue weighted by Crippen LogP contribution is 2.25. The smallest absolute Gasteiger partial charge is 0.368 e. The van der Waals surface area contributed by atoms with Gasteiger partial charge >= 0.3 is 6.03 Å². The van der Waals surface area contributed by atoms with Crippen LogP contribution in [0.1, 0.15) is 0 Å². The summed E-state index contributed by atoms with van der Waals surface area (Å²) in [7, 11) is 0. The van der Waals surface area contributed by atoms with Gasteiger partial charge in [0.25, 0.3) is 0 Å². The number of phenols is 1. The lowest BCUT2D eigenvalue weighted by atomic mass is 10.3. The standard InChI is InChI=1S/C19H19N3O5/c1-2-10-22(27-16-8-4-3-7-15(16)24)11-13(23)12-26-17-9-5-6-14-18(17)21-19(25)20-14/h2-9,13,23-24H,1,10-12H2. The zero-order valence-corrected chi connectivity index (χ0v) is 14.5. The van der Waals surface area contributed by atoms with Crippen LogP contribution in [0.15, 0.2) is 65.1 Å².